The summed E-state index contributed by atoms with van der Waals surface area (Å²) < 4.78 is 0. The number of hydrogen-bond acceptors (Lipinski definition) is 5. The van der Waals surface area contributed by atoms with Crippen LogP contribution >= 0.6 is 11.6 Å². The molecule has 0 aliphatic carbocycles. The third kappa shape index (κ3) is 2.44. The lowest BCUT2D eigenvalue weighted by Crippen LogP contribution is -2.28. The van der Waals surface area contributed by atoms with E-state index in [9.17, 15) is 4.79 Å². The predicted molar refractivity (Wildman–Crippen MR) is 63.9 cm³/mol. The molecule has 2 aromatic heterocycles. The van der Waals surface area contributed by atoms with Crippen molar-refractivity contribution in [3.05, 3.63) is 11.6 Å². The normalized spacial score (nSPS) is 10.5. The molecule has 0 aromatic carbocycles. The molecule has 90 valence electrons. The van der Waals surface area contributed by atoms with Crippen molar-refractivity contribution < 1.29 is 4.79 Å². The molecule has 2 N–H and O–H groups in total. The van der Waals surface area contributed by atoms with Gasteiger partial charge < -0.3 is 15.2 Å². The number of anilines is 1. The molecule has 7 nitrogen and oxygen atoms in total. The van der Waals surface area contributed by atoms with E-state index in [0.717, 1.165) is 0 Å². The summed E-state index contributed by atoms with van der Waals surface area (Å²) in [5.74, 6) is 0.403. The lowest BCUT2D eigenvalue weighted by molar-refractivity contribution is -0.126. The van der Waals surface area contributed by atoms with Gasteiger partial charge in [-0.15, -0.1) is 0 Å². The lowest BCUT2D eigenvalue weighted by atomic mass is 10.4. The highest BCUT2D eigenvalue weighted by molar-refractivity contribution is 6.28. The van der Waals surface area contributed by atoms with Gasteiger partial charge in [-0.1, -0.05) is 0 Å². The largest absolute Gasteiger partial charge is 0.359 e. The van der Waals surface area contributed by atoms with Crippen LogP contribution in [-0.4, -0.2) is 51.4 Å². The van der Waals surface area contributed by atoms with E-state index in [1.165, 1.54) is 11.2 Å². The van der Waals surface area contributed by atoms with Crippen LogP contribution in [0, 0.1) is 0 Å². The molecular weight excluding hydrogens is 244 g/mol. The average Bonchev–Trinajstić information content (AvgIpc) is 2.72. The number of aromatic nitrogens is 4. The van der Waals surface area contributed by atoms with Crippen molar-refractivity contribution in [2.75, 3.05) is 26.0 Å². The Hall–Kier alpha value is -1.89. The van der Waals surface area contributed by atoms with Crippen LogP contribution in [0.25, 0.3) is 11.2 Å². The Bertz CT molecular complexity index is 551. The maximum Gasteiger partial charge on any atom is 0.241 e. The molecule has 17 heavy (non-hydrogen) atoms. The summed E-state index contributed by atoms with van der Waals surface area (Å²) in [6.07, 6.45) is 1.49. The van der Waals surface area contributed by atoms with E-state index in [1.54, 1.807) is 14.1 Å². The van der Waals surface area contributed by atoms with Crippen LogP contribution in [0.3, 0.4) is 0 Å². The minimum Gasteiger partial charge on any atom is -0.359 e. The van der Waals surface area contributed by atoms with Crippen molar-refractivity contribution in [1.29, 1.82) is 0 Å². The summed E-state index contributed by atoms with van der Waals surface area (Å²) in [6, 6.07) is 0. The van der Waals surface area contributed by atoms with E-state index in [0.29, 0.717) is 17.0 Å². The van der Waals surface area contributed by atoms with Crippen molar-refractivity contribution in [2.45, 2.75) is 0 Å². The second-order valence-electron chi connectivity index (χ2n) is 3.58. The quantitative estimate of drug-likeness (QED) is 0.780. The number of hydrogen-bond donors (Lipinski definition) is 2. The second kappa shape index (κ2) is 4.54. The van der Waals surface area contributed by atoms with Gasteiger partial charge in [-0.25, -0.2) is 4.98 Å². The van der Waals surface area contributed by atoms with Crippen LogP contribution in [-0.2, 0) is 4.79 Å². The number of rotatable bonds is 3. The van der Waals surface area contributed by atoms with Crippen molar-refractivity contribution in [3.8, 4) is 0 Å². The minimum atomic E-state index is -0.0626. The van der Waals surface area contributed by atoms with E-state index in [2.05, 4.69) is 25.3 Å². The number of H-pyrrole nitrogens is 1. The number of amides is 1. The molecule has 0 fully saturated rings. The molecule has 2 heterocycles. The summed E-state index contributed by atoms with van der Waals surface area (Å²) in [7, 11) is 3.37. The first-order chi connectivity index (χ1) is 8.08. The zero-order chi connectivity index (χ0) is 12.4. The summed E-state index contributed by atoms with van der Waals surface area (Å²) in [5.41, 5.74) is 1.09. The summed E-state index contributed by atoms with van der Waals surface area (Å²) >= 11 is 5.75. The van der Waals surface area contributed by atoms with Crippen LogP contribution in [0.15, 0.2) is 6.33 Å². The number of likely N-dealkylation sites (N-methyl/N-ethyl adjacent to an activating group) is 1. The molecule has 0 bridgehead atoms. The average molecular weight is 255 g/mol. The third-order valence-electron chi connectivity index (χ3n) is 2.16. The molecule has 8 heteroatoms. The van der Waals surface area contributed by atoms with Gasteiger partial charge in [0.25, 0.3) is 0 Å². The third-order valence-corrected chi connectivity index (χ3v) is 2.33. The van der Waals surface area contributed by atoms with Crippen LogP contribution in [0.2, 0.25) is 5.28 Å². The van der Waals surface area contributed by atoms with Gasteiger partial charge in [0, 0.05) is 14.1 Å². The smallest absolute Gasteiger partial charge is 0.241 e. The predicted octanol–water partition coefficient (Wildman–Crippen LogP) is 0.506. The Morgan fingerprint density at radius 2 is 2.29 bits per heavy atom. The fraction of sp³-hybridized carbons (Fsp3) is 0.333. The van der Waals surface area contributed by atoms with Gasteiger partial charge in [0.05, 0.1) is 12.9 Å². The fourth-order valence-electron chi connectivity index (χ4n) is 1.25. The number of carbonyl (C=O) groups excluding carboxylic acids is 1. The molecular formula is C9H11ClN6O. The highest BCUT2D eigenvalue weighted by atomic mass is 35.5. The molecule has 0 radical (unpaired) electrons. The Kier molecular flexibility index (Phi) is 3.10. The summed E-state index contributed by atoms with van der Waals surface area (Å²) in [4.78, 5) is 27.7. The van der Waals surface area contributed by atoms with Crippen molar-refractivity contribution >= 4 is 34.5 Å². The topological polar surface area (TPSA) is 86.8 Å². The van der Waals surface area contributed by atoms with E-state index in [-0.39, 0.29) is 17.7 Å². The Morgan fingerprint density at radius 3 is 3.00 bits per heavy atom. The van der Waals surface area contributed by atoms with Gasteiger partial charge in [0.2, 0.25) is 11.2 Å². The van der Waals surface area contributed by atoms with Gasteiger partial charge in [0.1, 0.15) is 5.52 Å². The van der Waals surface area contributed by atoms with Gasteiger partial charge >= 0.3 is 0 Å². The minimum absolute atomic E-state index is 0.0626. The number of carbonyl (C=O) groups is 1. The molecule has 0 aliphatic heterocycles. The van der Waals surface area contributed by atoms with Crippen LogP contribution in [0.4, 0.5) is 5.82 Å². The molecule has 0 aliphatic rings. The van der Waals surface area contributed by atoms with Crippen molar-refractivity contribution in [2.24, 2.45) is 0 Å². The molecule has 0 spiro atoms. The molecule has 0 saturated carbocycles. The summed E-state index contributed by atoms with van der Waals surface area (Å²) in [5, 5.41) is 2.99. The number of nitrogens with zero attached hydrogens (tertiary/aromatic N) is 4. The number of aromatic amines is 1. The first-order valence-electron chi connectivity index (χ1n) is 4.88. The first-order valence-corrected chi connectivity index (χ1v) is 5.26. The van der Waals surface area contributed by atoms with E-state index in [1.807, 2.05) is 0 Å². The van der Waals surface area contributed by atoms with Gasteiger partial charge in [0.15, 0.2) is 11.5 Å². The standard InChI is InChI=1S/C9H11ClN6O/c1-16(2)5(17)3-11-7-6-8(13-4-12-6)15-9(10)14-7/h4H,3H2,1-2H3,(H2,11,12,13,14,15). The lowest BCUT2D eigenvalue weighted by Gasteiger charge is -2.11. The van der Waals surface area contributed by atoms with Crippen LogP contribution in [0.1, 0.15) is 0 Å². The number of imidazole rings is 1. The maximum atomic E-state index is 11.4. The number of halogens is 1. The molecule has 2 rings (SSSR count). The molecule has 0 unspecified atom stereocenters. The SMILES string of the molecule is CN(C)C(=O)CNc1nc(Cl)nc2nc[nH]c12. The highest BCUT2D eigenvalue weighted by Crippen LogP contribution is 2.18. The van der Waals surface area contributed by atoms with Gasteiger partial charge in [-0.2, -0.15) is 9.97 Å². The summed E-state index contributed by atoms with van der Waals surface area (Å²) in [6.45, 7) is 0.133. The second-order valence-corrected chi connectivity index (χ2v) is 3.92. The maximum absolute atomic E-state index is 11.4. The van der Waals surface area contributed by atoms with Crippen LogP contribution in [0.5, 0.6) is 0 Å². The number of nitrogens with one attached hydrogen (secondary N) is 2. The zero-order valence-corrected chi connectivity index (χ0v) is 10.1. The van der Waals surface area contributed by atoms with Crippen LogP contribution < -0.4 is 5.32 Å². The zero-order valence-electron chi connectivity index (χ0n) is 9.36. The molecule has 2 aromatic rings. The monoisotopic (exact) mass is 254 g/mol. The Labute approximate surface area is 102 Å². The Morgan fingerprint density at radius 1 is 1.53 bits per heavy atom. The molecule has 1 amide bonds. The Balaban J connectivity index is 2.23. The number of fused-ring (bicyclic) bond motifs is 1. The van der Waals surface area contributed by atoms with Crippen molar-refractivity contribution in [3.63, 3.8) is 0 Å². The fourth-order valence-corrected chi connectivity index (χ4v) is 1.42. The van der Waals surface area contributed by atoms with E-state index < -0.39 is 0 Å². The van der Waals surface area contributed by atoms with Gasteiger partial charge in [-0.3, -0.25) is 4.79 Å². The molecule has 0 atom stereocenters. The highest BCUT2D eigenvalue weighted by Gasteiger charge is 2.10. The van der Waals surface area contributed by atoms with Gasteiger partial charge in [-0.05, 0) is 11.6 Å². The first kappa shape index (κ1) is 11.6. The van der Waals surface area contributed by atoms with E-state index in [4.69, 9.17) is 11.6 Å². The van der Waals surface area contributed by atoms with E-state index >= 15 is 0 Å². The molecule has 0 saturated heterocycles. The van der Waals surface area contributed by atoms with Crippen molar-refractivity contribution in [1.82, 2.24) is 24.8 Å².